The first-order valence-electron chi connectivity index (χ1n) is 7.13. The molecule has 112 valence electrons. The van der Waals surface area contributed by atoms with Crippen LogP contribution < -0.4 is 9.64 Å². The van der Waals surface area contributed by atoms with E-state index >= 15 is 0 Å². The van der Waals surface area contributed by atoms with Gasteiger partial charge in [0.1, 0.15) is 11.6 Å². The predicted molar refractivity (Wildman–Crippen MR) is 84.9 cm³/mol. The highest BCUT2D eigenvalue weighted by Gasteiger charge is 2.17. The first-order valence-corrected chi connectivity index (χ1v) is 7.66. The average Bonchev–Trinajstić information content (AvgIpc) is 2.46. The first kappa shape index (κ1) is 16.8. The lowest BCUT2D eigenvalue weighted by Gasteiger charge is -2.24. The van der Waals surface area contributed by atoms with E-state index in [1.807, 2.05) is 25.1 Å². The molecule has 0 aromatic heterocycles. The molecule has 0 heterocycles. The van der Waals surface area contributed by atoms with Crippen molar-refractivity contribution in [2.45, 2.75) is 46.1 Å². The number of carbonyl (C=O) groups is 1. The number of rotatable bonds is 7. The van der Waals surface area contributed by atoms with Gasteiger partial charge in [0.15, 0.2) is 0 Å². The summed E-state index contributed by atoms with van der Waals surface area (Å²) in [4.78, 5) is 13.4. The van der Waals surface area contributed by atoms with Crippen LogP contribution in [0.1, 0.15) is 38.7 Å². The van der Waals surface area contributed by atoms with Crippen molar-refractivity contribution in [2.24, 2.45) is 0 Å². The Labute approximate surface area is 126 Å². The maximum absolute atomic E-state index is 11.8. The predicted octanol–water partition coefficient (Wildman–Crippen LogP) is 4.15. The summed E-state index contributed by atoms with van der Waals surface area (Å²) in [5.74, 6) is 0.582. The fraction of sp³-hybridized carbons (Fsp3) is 0.562. The van der Waals surface area contributed by atoms with E-state index < -0.39 is 0 Å². The van der Waals surface area contributed by atoms with Crippen LogP contribution in [0.5, 0.6) is 5.75 Å². The van der Waals surface area contributed by atoms with Crippen molar-refractivity contribution in [1.82, 2.24) is 0 Å². The molecular weight excluding hydrogens is 274 g/mol. The molecule has 4 heteroatoms. The molecule has 3 nitrogen and oxygen atoms in total. The van der Waals surface area contributed by atoms with Crippen molar-refractivity contribution >= 4 is 23.2 Å². The third kappa shape index (κ3) is 4.41. The van der Waals surface area contributed by atoms with E-state index in [0.717, 1.165) is 36.3 Å². The van der Waals surface area contributed by atoms with Crippen molar-refractivity contribution in [1.29, 1.82) is 0 Å². The molecule has 1 rings (SSSR count). The minimum atomic E-state index is -0.134. The van der Waals surface area contributed by atoms with Gasteiger partial charge in [0.05, 0.1) is 11.8 Å². The number of carbonyl (C=O) groups excluding carboxylic acids is 1. The third-order valence-corrected chi connectivity index (χ3v) is 3.55. The number of hydrogen-bond acceptors (Lipinski definition) is 2. The van der Waals surface area contributed by atoms with Crippen LogP contribution in [0.3, 0.4) is 0 Å². The fourth-order valence-corrected chi connectivity index (χ4v) is 2.24. The van der Waals surface area contributed by atoms with Gasteiger partial charge in [-0.15, -0.1) is 11.6 Å². The summed E-state index contributed by atoms with van der Waals surface area (Å²) in [5, 5.41) is 0. The highest BCUT2D eigenvalue weighted by atomic mass is 35.5. The van der Waals surface area contributed by atoms with E-state index in [-0.39, 0.29) is 17.9 Å². The molecule has 0 saturated heterocycles. The Morgan fingerprint density at radius 3 is 2.65 bits per heavy atom. The Kier molecular flexibility index (Phi) is 6.86. The normalized spacial score (nSPS) is 12.1. The van der Waals surface area contributed by atoms with Gasteiger partial charge in [-0.25, -0.2) is 0 Å². The second-order valence-corrected chi connectivity index (χ2v) is 5.26. The van der Waals surface area contributed by atoms with Gasteiger partial charge in [0, 0.05) is 7.05 Å². The van der Waals surface area contributed by atoms with E-state index in [4.69, 9.17) is 16.3 Å². The molecule has 0 saturated carbocycles. The Morgan fingerprint density at radius 1 is 1.40 bits per heavy atom. The number of halogens is 1. The zero-order valence-electron chi connectivity index (χ0n) is 12.8. The van der Waals surface area contributed by atoms with Gasteiger partial charge < -0.3 is 9.64 Å². The molecule has 0 aliphatic carbocycles. The number of amides is 1. The zero-order valence-corrected chi connectivity index (χ0v) is 13.5. The number of ether oxygens (including phenoxy) is 1. The second-order valence-electron chi connectivity index (χ2n) is 4.99. The highest BCUT2D eigenvalue weighted by molar-refractivity contribution is 6.29. The second kappa shape index (κ2) is 8.15. The number of benzene rings is 1. The maximum Gasteiger partial charge on any atom is 0.241 e. The van der Waals surface area contributed by atoms with Crippen molar-refractivity contribution in [3.8, 4) is 5.75 Å². The highest BCUT2D eigenvalue weighted by Crippen LogP contribution is 2.31. The lowest BCUT2D eigenvalue weighted by Crippen LogP contribution is -2.28. The third-order valence-electron chi connectivity index (χ3n) is 3.32. The first-order chi connectivity index (χ1) is 9.53. The van der Waals surface area contributed by atoms with E-state index in [2.05, 4.69) is 13.8 Å². The summed E-state index contributed by atoms with van der Waals surface area (Å²) in [5.41, 5.74) is 1.87. The molecule has 0 aliphatic heterocycles. The molecule has 0 aliphatic rings. The SMILES string of the molecule is CCCC(CC)Oc1ccc(C)cc1N(C)C(=O)CCl. The molecule has 20 heavy (non-hydrogen) atoms. The van der Waals surface area contributed by atoms with Gasteiger partial charge in [-0.05, 0) is 37.5 Å². The van der Waals surface area contributed by atoms with Gasteiger partial charge in [-0.2, -0.15) is 0 Å². The number of alkyl halides is 1. The summed E-state index contributed by atoms with van der Waals surface area (Å²) in [6, 6.07) is 5.88. The monoisotopic (exact) mass is 297 g/mol. The van der Waals surface area contributed by atoms with Crippen LogP contribution in [0.15, 0.2) is 18.2 Å². The number of nitrogens with zero attached hydrogens (tertiary/aromatic N) is 1. The summed E-state index contributed by atoms with van der Waals surface area (Å²) in [6.07, 6.45) is 3.22. The lowest BCUT2D eigenvalue weighted by molar-refractivity contribution is -0.116. The van der Waals surface area contributed by atoms with Crippen LogP contribution in [0.25, 0.3) is 0 Å². The van der Waals surface area contributed by atoms with E-state index in [1.54, 1.807) is 11.9 Å². The topological polar surface area (TPSA) is 29.5 Å². The summed E-state index contributed by atoms with van der Waals surface area (Å²) < 4.78 is 6.07. The van der Waals surface area contributed by atoms with E-state index in [0.29, 0.717) is 0 Å². The minimum absolute atomic E-state index is 0.0317. The lowest BCUT2D eigenvalue weighted by atomic mass is 10.1. The molecule has 1 amide bonds. The molecule has 0 radical (unpaired) electrons. The fourth-order valence-electron chi connectivity index (χ4n) is 2.06. The summed E-state index contributed by atoms with van der Waals surface area (Å²) >= 11 is 5.64. The summed E-state index contributed by atoms with van der Waals surface area (Å²) in [7, 11) is 1.73. The van der Waals surface area contributed by atoms with E-state index in [9.17, 15) is 4.79 Å². The van der Waals surface area contributed by atoms with Crippen LogP contribution in [-0.4, -0.2) is 24.9 Å². The Balaban J connectivity index is 3.03. The molecule has 0 bridgehead atoms. The van der Waals surface area contributed by atoms with Crippen molar-refractivity contribution in [3.05, 3.63) is 23.8 Å². The summed E-state index contributed by atoms with van der Waals surface area (Å²) in [6.45, 7) is 6.25. The van der Waals surface area contributed by atoms with Crippen molar-refractivity contribution in [2.75, 3.05) is 17.8 Å². The quantitative estimate of drug-likeness (QED) is 0.707. The molecule has 0 fully saturated rings. The molecule has 1 atom stereocenters. The molecule has 0 spiro atoms. The molecule has 1 unspecified atom stereocenters. The standard InChI is InChI=1S/C16H24ClNO2/c1-5-7-13(6-2)20-15-9-8-12(3)10-14(15)18(4)16(19)11-17/h8-10,13H,5-7,11H2,1-4H3. The van der Waals surface area contributed by atoms with Crippen LogP contribution in [0, 0.1) is 6.92 Å². The van der Waals surface area contributed by atoms with Crippen LogP contribution in [-0.2, 0) is 4.79 Å². The smallest absolute Gasteiger partial charge is 0.241 e. The number of hydrogen-bond donors (Lipinski definition) is 0. The Hall–Kier alpha value is -1.22. The van der Waals surface area contributed by atoms with Gasteiger partial charge >= 0.3 is 0 Å². The Bertz CT molecular complexity index is 448. The van der Waals surface area contributed by atoms with Crippen LogP contribution >= 0.6 is 11.6 Å². The van der Waals surface area contributed by atoms with Crippen molar-refractivity contribution in [3.63, 3.8) is 0 Å². The van der Waals surface area contributed by atoms with Gasteiger partial charge in [-0.1, -0.05) is 26.3 Å². The zero-order chi connectivity index (χ0) is 15.1. The molecule has 1 aromatic rings. The number of aryl methyl sites for hydroxylation is 1. The van der Waals surface area contributed by atoms with Gasteiger partial charge in [0.25, 0.3) is 0 Å². The molecule has 0 N–H and O–H groups in total. The number of anilines is 1. The van der Waals surface area contributed by atoms with Crippen molar-refractivity contribution < 1.29 is 9.53 Å². The Morgan fingerprint density at radius 2 is 2.10 bits per heavy atom. The van der Waals surface area contributed by atoms with Gasteiger partial charge in [0.2, 0.25) is 5.91 Å². The maximum atomic E-state index is 11.8. The van der Waals surface area contributed by atoms with Crippen LogP contribution in [0.4, 0.5) is 5.69 Å². The minimum Gasteiger partial charge on any atom is -0.488 e. The average molecular weight is 298 g/mol. The van der Waals surface area contributed by atoms with Crippen LogP contribution in [0.2, 0.25) is 0 Å². The molecule has 1 aromatic carbocycles. The largest absolute Gasteiger partial charge is 0.488 e. The van der Waals surface area contributed by atoms with E-state index in [1.165, 1.54) is 0 Å². The van der Waals surface area contributed by atoms with Gasteiger partial charge in [-0.3, -0.25) is 4.79 Å². The molecular formula is C16H24ClNO2.